The van der Waals surface area contributed by atoms with Crippen molar-refractivity contribution in [2.75, 3.05) is 31.6 Å². The summed E-state index contributed by atoms with van der Waals surface area (Å²) < 4.78 is 52.2. The molecule has 0 aliphatic carbocycles. The summed E-state index contributed by atoms with van der Waals surface area (Å²) in [6.45, 7) is 2.57. The number of carbonyl (C=O) groups is 1. The van der Waals surface area contributed by atoms with Gasteiger partial charge >= 0.3 is 5.97 Å². The van der Waals surface area contributed by atoms with E-state index in [9.17, 15) is 14.0 Å². The maximum absolute atomic E-state index is 15.9. The molecule has 1 aliphatic heterocycles. The van der Waals surface area contributed by atoms with E-state index in [1.165, 1.54) is 4.57 Å². The van der Waals surface area contributed by atoms with Gasteiger partial charge in [0.2, 0.25) is 0 Å². The van der Waals surface area contributed by atoms with Crippen LogP contribution in [0.5, 0.6) is 0 Å². The van der Waals surface area contributed by atoms with E-state index in [0.29, 0.717) is 18.8 Å². The molecule has 4 rings (SSSR count). The number of benzene rings is 2. The van der Waals surface area contributed by atoms with Crippen LogP contribution in [0.1, 0.15) is 29.4 Å². The molecule has 0 fully saturated rings. The van der Waals surface area contributed by atoms with Gasteiger partial charge in [-0.25, -0.2) is 18.0 Å². The summed E-state index contributed by atoms with van der Waals surface area (Å²) in [5, 5.41) is 4.85. The number of nitrogens with one attached hydrogen (secondary N) is 2. The lowest BCUT2D eigenvalue weighted by atomic mass is 10.1. The van der Waals surface area contributed by atoms with Gasteiger partial charge in [0.15, 0.2) is 22.9 Å². The van der Waals surface area contributed by atoms with E-state index in [-0.39, 0.29) is 31.9 Å². The Morgan fingerprint density at radius 3 is 2.54 bits per heavy atom. The SMILES string of the molecule is CCOC(=O)c1cc(=O)c2c(F)c(F)c(NCCNC3=NCCC=C3)c(F)c2n1CCc1ccccc1. The Morgan fingerprint density at radius 1 is 1.08 bits per heavy atom. The van der Waals surface area contributed by atoms with Crippen molar-refractivity contribution in [3.8, 4) is 0 Å². The van der Waals surface area contributed by atoms with E-state index in [4.69, 9.17) is 4.74 Å². The number of ether oxygens (including phenoxy) is 1. The third-order valence-corrected chi connectivity index (χ3v) is 5.91. The van der Waals surface area contributed by atoms with Crippen LogP contribution in [0.2, 0.25) is 0 Å². The Bertz CT molecular complexity index is 1420. The van der Waals surface area contributed by atoms with Crippen LogP contribution in [0.4, 0.5) is 18.9 Å². The third-order valence-electron chi connectivity index (χ3n) is 5.91. The first kappa shape index (κ1) is 26.0. The second-order valence-corrected chi connectivity index (χ2v) is 8.35. The minimum Gasteiger partial charge on any atom is -0.461 e. The van der Waals surface area contributed by atoms with Gasteiger partial charge in [0, 0.05) is 32.2 Å². The van der Waals surface area contributed by atoms with E-state index in [2.05, 4.69) is 15.6 Å². The molecule has 1 aliphatic rings. The van der Waals surface area contributed by atoms with Crippen molar-refractivity contribution in [3.05, 3.63) is 87.5 Å². The number of halogens is 3. The molecule has 0 saturated heterocycles. The Morgan fingerprint density at radius 2 is 1.84 bits per heavy atom. The number of dihydropyridines is 1. The molecule has 2 aromatic carbocycles. The van der Waals surface area contributed by atoms with Crippen LogP contribution < -0.4 is 16.1 Å². The number of rotatable bonds is 9. The lowest BCUT2D eigenvalue weighted by Gasteiger charge is -2.19. The molecule has 0 radical (unpaired) electrons. The highest BCUT2D eigenvalue weighted by atomic mass is 19.2. The number of aromatic nitrogens is 1. The summed E-state index contributed by atoms with van der Waals surface area (Å²) in [6.07, 6.45) is 4.95. The number of aryl methyl sites for hydroxylation is 2. The molecule has 0 unspecified atom stereocenters. The zero-order chi connectivity index (χ0) is 26.4. The first-order valence-electron chi connectivity index (χ1n) is 12.1. The minimum absolute atomic E-state index is 0.0179. The summed E-state index contributed by atoms with van der Waals surface area (Å²) in [7, 11) is 0. The molecule has 1 aromatic heterocycles. The van der Waals surface area contributed by atoms with E-state index in [1.54, 1.807) is 6.92 Å². The largest absolute Gasteiger partial charge is 0.461 e. The van der Waals surface area contributed by atoms with Crippen LogP contribution in [-0.4, -0.2) is 42.6 Å². The van der Waals surface area contributed by atoms with Gasteiger partial charge in [-0.15, -0.1) is 0 Å². The van der Waals surface area contributed by atoms with Crippen molar-refractivity contribution < 1.29 is 22.7 Å². The van der Waals surface area contributed by atoms with Gasteiger partial charge < -0.3 is 19.9 Å². The fraction of sp³-hybridized carbons (Fsp3) is 0.296. The highest BCUT2D eigenvalue weighted by Gasteiger charge is 2.27. The van der Waals surface area contributed by atoms with Gasteiger partial charge in [-0.2, -0.15) is 0 Å². The molecule has 194 valence electrons. The summed E-state index contributed by atoms with van der Waals surface area (Å²) in [4.78, 5) is 29.7. The molecule has 0 saturated carbocycles. The zero-order valence-electron chi connectivity index (χ0n) is 20.3. The molecule has 3 aromatic rings. The number of fused-ring (bicyclic) bond motifs is 1. The Balaban J connectivity index is 1.75. The molecule has 0 spiro atoms. The summed E-state index contributed by atoms with van der Waals surface area (Å²) in [5.41, 5.74) is -1.60. The Kier molecular flexibility index (Phi) is 8.27. The van der Waals surface area contributed by atoms with Crippen molar-refractivity contribution in [1.82, 2.24) is 9.88 Å². The normalized spacial score (nSPS) is 12.9. The van der Waals surface area contributed by atoms with Crippen molar-refractivity contribution >= 4 is 28.4 Å². The second-order valence-electron chi connectivity index (χ2n) is 8.35. The van der Waals surface area contributed by atoms with Gasteiger partial charge in [-0.1, -0.05) is 36.4 Å². The molecule has 0 amide bonds. The average Bonchev–Trinajstić information content (AvgIpc) is 2.91. The van der Waals surface area contributed by atoms with Crippen LogP contribution in [0, 0.1) is 17.5 Å². The third kappa shape index (κ3) is 5.68. The van der Waals surface area contributed by atoms with Crippen LogP contribution in [-0.2, 0) is 17.7 Å². The van der Waals surface area contributed by atoms with E-state index >= 15 is 8.78 Å². The van der Waals surface area contributed by atoms with Crippen molar-refractivity contribution in [2.45, 2.75) is 26.3 Å². The van der Waals surface area contributed by atoms with Gasteiger partial charge in [-0.3, -0.25) is 9.79 Å². The number of pyridine rings is 1. The molecule has 0 atom stereocenters. The highest BCUT2D eigenvalue weighted by molar-refractivity contribution is 5.94. The van der Waals surface area contributed by atoms with Gasteiger partial charge in [0.05, 0.1) is 17.5 Å². The fourth-order valence-electron chi connectivity index (χ4n) is 4.17. The number of anilines is 1. The lowest BCUT2D eigenvalue weighted by Crippen LogP contribution is -2.29. The number of carbonyl (C=O) groups excluding carboxylic acids is 1. The van der Waals surface area contributed by atoms with Gasteiger partial charge in [0.25, 0.3) is 0 Å². The highest BCUT2D eigenvalue weighted by Crippen LogP contribution is 2.30. The molecular weight excluding hydrogens is 485 g/mol. The van der Waals surface area contributed by atoms with Crippen molar-refractivity contribution in [2.24, 2.45) is 4.99 Å². The van der Waals surface area contributed by atoms with E-state index < -0.39 is 45.4 Å². The number of nitrogens with zero attached hydrogens (tertiary/aromatic N) is 2. The maximum Gasteiger partial charge on any atom is 0.355 e. The van der Waals surface area contributed by atoms with Gasteiger partial charge in [0.1, 0.15) is 17.2 Å². The standard InChI is InChI=1S/C27H27F3N4O3/c1-2-37-27(36)18-16-19(35)21-22(28)23(29)25(33-14-13-32-20-10-6-7-12-31-20)24(30)26(21)34(18)15-11-17-8-4-3-5-9-17/h3-6,8-10,16,33H,2,7,11-15H2,1H3,(H,31,32). The zero-order valence-corrected chi connectivity index (χ0v) is 20.3. The first-order valence-corrected chi connectivity index (χ1v) is 12.1. The predicted octanol–water partition coefficient (Wildman–Crippen LogP) is 4.20. The summed E-state index contributed by atoms with van der Waals surface area (Å²) >= 11 is 0. The molecular formula is C27H27F3N4O3. The molecule has 2 N–H and O–H groups in total. The Hall–Kier alpha value is -4.08. The monoisotopic (exact) mass is 512 g/mol. The topological polar surface area (TPSA) is 84.7 Å². The summed E-state index contributed by atoms with van der Waals surface area (Å²) in [5.74, 6) is -4.37. The van der Waals surface area contributed by atoms with Crippen molar-refractivity contribution in [3.63, 3.8) is 0 Å². The number of aliphatic imine (C=N–C) groups is 1. The second kappa shape index (κ2) is 11.8. The predicted molar refractivity (Wildman–Crippen MR) is 137 cm³/mol. The molecule has 2 heterocycles. The van der Waals surface area contributed by atoms with Crippen LogP contribution in [0.25, 0.3) is 10.9 Å². The molecule has 37 heavy (non-hydrogen) atoms. The maximum atomic E-state index is 15.9. The number of amidine groups is 1. The van der Waals surface area contributed by atoms with Gasteiger partial charge in [-0.05, 0) is 31.4 Å². The van der Waals surface area contributed by atoms with Crippen LogP contribution in [0.15, 0.2) is 58.3 Å². The molecule has 7 nitrogen and oxygen atoms in total. The molecule has 10 heteroatoms. The molecule has 0 bridgehead atoms. The fourth-order valence-corrected chi connectivity index (χ4v) is 4.17. The Labute approximate surface area is 211 Å². The van der Waals surface area contributed by atoms with Crippen LogP contribution >= 0.6 is 0 Å². The van der Waals surface area contributed by atoms with Crippen LogP contribution in [0.3, 0.4) is 0 Å². The smallest absolute Gasteiger partial charge is 0.355 e. The first-order chi connectivity index (χ1) is 17.9. The van der Waals surface area contributed by atoms with E-state index in [0.717, 1.165) is 18.1 Å². The number of hydrogen-bond donors (Lipinski definition) is 2. The minimum atomic E-state index is -1.50. The summed E-state index contributed by atoms with van der Waals surface area (Å²) in [6, 6.07) is 10.0. The average molecular weight is 513 g/mol. The van der Waals surface area contributed by atoms with E-state index in [1.807, 2.05) is 42.5 Å². The quantitative estimate of drug-likeness (QED) is 0.255. The lowest BCUT2D eigenvalue weighted by molar-refractivity contribution is 0.0513. The number of esters is 1. The van der Waals surface area contributed by atoms with Crippen molar-refractivity contribution in [1.29, 1.82) is 0 Å². The number of hydrogen-bond acceptors (Lipinski definition) is 6.